The van der Waals surface area contributed by atoms with Crippen LogP contribution in [0.4, 0.5) is 5.69 Å². The van der Waals surface area contributed by atoms with Gasteiger partial charge in [0, 0.05) is 24.8 Å². The van der Waals surface area contributed by atoms with Gasteiger partial charge in [0.1, 0.15) is 12.4 Å². The molecule has 0 spiro atoms. The maximum atomic E-state index is 12.1. The predicted octanol–water partition coefficient (Wildman–Crippen LogP) is 4.60. The van der Waals surface area contributed by atoms with Crippen LogP contribution in [0.5, 0.6) is 17.2 Å². The summed E-state index contributed by atoms with van der Waals surface area (Å²) in [6.07, 6.45) is 2.23. The van der Waals surface area contributed by atoms with Gasteiger partial charge in [-0.15, -0.1) is 0 Å². The van der Waals surface area contributed by atoms with Gasteiger partial charge in [-0.3, -0.25) is 9.48 Å². The van der Waals surface area contributed by atoms with E-state index >= 15 is 0 Å². The van der Waals surface area contributed by atoms with Gasteiger partial charge in [-0.25, -0.2) is 0 Å². The zero-order valence-electron chi connectivity index (χ0n) is 18.3. The zero-order valence-corrected chi connectivity index (χ0v) is 18.3. The van der Waals surface area contributed by atoms with Crippen LogP contribution < -0.4 is 19.5 Å². The first-order chi connectivity index (χ1) is 15.1. The van der Waals surface area contributed by atoms with Crippen LogP contribution in [0.2, 0.25) is 0 Å². The molecular weight excluding hydrogens is 394 g/mol. The van der Waals surface area contributed by atoms with Crippen molar-refractivity contribution in [3.8, 4) is 17.2 Å². The fraction of sp³-hybridized carbons (Fsp3) is 0.333. The summed E-state index contributed by atoms with van der Waals surface area (Å²) in [5.41, 5.74) is 2.65. The van der Waals surface area contributed by atoms with Crippen LogP contribution in [0.1, 0.15) is 31.5 Å². The molecule has 1 N–H and O–H groups in total. The van der Waals surface area contributed by atoms with Crippen LogP contribution in [0, 0.1) is 6.92 Å². The second-order valence-corrected chi connectivity index (χ2v) is 6.98. The summed E-state index contributed by atoms with van der Waals surface area (Å²) in [6.45, 7) is 7.92. The van der Waals surface area contributed by atoms with Crippen LogP contribution in [0.15, 0.2) is 54.7 Å². The number of nitrogens with zero attached hydrogens (tertiary/aromatic N) is 2. The number of aromatic nitrogens is 2. The highest BCUT2D eigenvalue weighted by molar-refractivity contribution is 5.90. The molecule has 1 heterocycles. The molecule has 0 saturated heterocycles. The fourth-order valence-electron chi connectivity index (χ4n) is 3.01. The maximum absolute atomic E-state index is 12.1. The van der Waals surface area contributed by atoms with Crippen molar-refractivity contribution in [1.29, 1.82) is 0 Å². The van der Waals surface area contributed by atoms with Crippen LogP contribution in [0.25, 0.3) is 0 Å². The quantitative estimate of drug-likeness (QED) is 0.488. The molecule has 0 aliphatic heterocycles. The summed E-state index contributed by atoms with van der Waals surface area (Å²) in [5.74, 6) is 2.11. The Morgan fingerprint density at radius 1 is 0.968 bits per heavy atom. The van der Waals surface area contributed by atoms with Crippen molar-refractivity contribution < 1.29 is 19.0 Å². The second kappa shape index (κ2) is 11.1. The molecule has 164 valence electrons. The molecule has 0 aliphatic rings. The number of carbonyl (C=O) groups is 1. The van der Waals surface area contributed by atoms with Gasteiger partial charge in [0.15, 0.2) is 11.5 Å². The summed E-state index contributed by atoms with van der Waals surface area (Å²) >= 11 is 0. The summed E-state index contributed by atoms with van der Waals surface area (Å²) in [7, 11) is 0. The zero-order chi connectivity index (χ0) is 22.1. The SMILES string of the molecule is CCOc1ccc(COc2ccc(NC(=O)CCn3ccc(C)n3)cc2)cc1OCC. The highest BCUT2D eigenvalue weighted by Crippen LogP contribution is 2.29. The Balaban J connectivity index is 1.50. The second-order valence-electron chi connectivity index (χ2n) is 6.98. The Morgan fingerprint density at radius 2 is 1.71 bits per heavy atom. The monoisotopic (exact) mass is 423 g/mol. The van der Waals surface area contributed by atoms with E-state index in [0.29, 0.717) is 38.5 Å². The highest BCUT2D eigenvalue weighted by atomic mass is 16.5. The molecule has 0 unspecified atom stereocenters. The Bertz CT molecular complexity index is 983. The van der Waals surface area contributed by atoms with E-state index in [0.717, 1.165) is 28.4 Å². The lowest BCUT2D eigenvalue weighted by atomic mass is 10.2. The normalized spacial score (nSPS) is 10.5. The molecule has 7 nitrogen and oxygen atoms in total. The van der Waals surface area contributed by atoms with Gasteiger partial charge >= 0.3 is 0 Å². The third kappa shape index (κ3) is 6.77. The number of ether oxygens (including phenoxy) is 3. The number of benzene rings is 2. The van der Waals surface area contributed by atoms with E-state index in [1.54, 1.807) is 4.68 Å². The van der Waals surface area contributed by atoms with Crippen molar-refractivity contribution in [2.75, 3.05) is 18.5 Å². The van der Waals surface area contributed by atoms with E-state index in [1.807, 2.05) is 75.5 Å². The van der Waals surface area contributed by atoms with E-state index in [-0.39, 0.29) is 5.91 Å². The molecular formula is C24H29N3O4. The average molecular weight is 424 g/mol. The minimum absolute atomic E-state index is 0.0559. The van der Waals surface area contributed by atoms with Gasteiger partial charge in [0.2, 0.25) is 5.91 Å². The summed E-state index contributed by atoms with van der Waals surface area (Å²) in [5, 5.41) is 7.18. The molecule has 3 aromatic rings. The van der Waals surface area contributed by atoms with E-state index in [1.165, 1.54) is 0 Å². The lowest BCUT2D eigenvalue weighted by Crippen LogP contribution is -2.14. The average Bonchev–Trinajstić information content (AvgIpc) is 3.19. The van der Waals surface area contributed by atoms with Crippen molar-refractivity contribution in [3.05, 3.63) is 66.0 Å². The van der Waals surface area contributed by atoms with E-state index in [9.17, 15) is 4.79 Å². The summed E-state index contributed by atoms with van der Waals surface area (Å²) in [4.78, 5) is 12.1. The Hall–Kier alpha value is -3.48. The van der Waals surface area contributed by atoms with E-state index in [2.05, 4.69) is 10.4 Å². The molecule has 0 bridgehead atoms. The summed E-state index contributed by atoms with van der Waals surface area (Å²) < 4.78 is 18.9. The number of nitrogens with one attached hydrogen (secondary N) is 1. The van der Waals surface area contributed by atoms with Crippen molar-refractivity contribution in [3.63, 3.8) is 0 Å². The number of amides is 1. The highest BCUT2D eigenvalue weighted by Gasteiger charge is 2.08. The van der Waals surface area contributed by atoms with Crippen LogP contribution in [-0.4, -0.2) is 28.9 Å². The minimum atomic E-state index is -0.0559. The van der Waals surface area contributed by atoms with Crippen molar-refractivity contribution in [2.24, 2.45) is 0 Å². The minimum Gasteiger partial charge on any atom is -0.490 e. The number of rotatable bonds is 11. The van der Waals surface area contributed by atoms with Crippen LogP contribution in [0.3, 0.4) is 0 Å². The predicted molar refractivity (Wildman–Crippen MR) is 120 cm³/mol. The molecule has 1 amide bonds. The third-order valence-electron chi connectivity index (χ3n) is 4.49. The molecule has 7 heteroatoms. The van der Waals surface area contributed by atoms with Crippen molar-refractivity contribution in [1.82, 2.24) is 9.78 Å². The molecule has 0 fully saturated rings. The van der Waals surface area contributed by atoms with Crippen LogP contribution in [-0.2, 0) is 17.9 Å². The van der Waals surface area contributed by atoms with Crippen molar-refractivity contribution >= 4 is 11.6 Å². The first-order valence-electron chi connectivity index (χ1n) is 10.5. The standard InChI is InChI=1S/C24H29N3O4/c1-4-29-22-11-6-19(16-23(22)30-5-2)17-31-21-9-7-20(8-10-21)25-24(28)13-15-27-14-12-18(3)26-27/h6-12,14,16H,4-5,13,15,17H2,1-3H3,(H,25,28). The Morgan fingerprint density at radius 3 is 2.39 bits per heavy atom. The first-order valence-corrected chi connectivity index (χ1v) is 10.5. The lowest BCUT2D eigenvalue weighted by molar-refractivity contribution is -0.116. The number of aryl methyl sites for hydroxylation is 2. The first kappa shape index (κ1) is 22.2. The maximum Gasteiger partial charge on any atom is 0.226 e. The topological polar surface area (TPSA) is 74.6 Å². The van der Waals surface area contributed by atoms with Gasteiger partial charge < -0.3 is 19.5 Å². The lowest BCUT2D eigenvalue weighted by Gasteiger charge is -2.13. The van der Waals surface area contributed by atoms with Gasteiger partial charge in [0.25, 0.3) is 0 Å². The Kier molecular flexibility index (Phi) is 7.92. The fourth-order valence-corrected chi connectivity index (χ4v) is 3.01. The summed E-state index contributed by atoms with van der Waals surface area (Å²) in [6, 6.07) is 15.0. The van der Waals surface area contributed by atoms with Crippen LogP contribution >= 0.6 is 0 Å². The molecule has 31 heavy (non-hydrogen) atoms. The van der Waals surface area contributed by atoms with Gasteiger partial charge in [-0.05, 0) is 68.8 Å². The number of anilines is 1. The molecule has 1 aromatic heterocycles. The number of hydrogen-bond acceptors (Lipinski definition) is 5. The largest absolute Gasteiger partial charge is 0.490 e. The van der Waals surface area contributed by atoms with Gasteiger partial charge in [0.05, 0.1) is 18.9 Å². The molecule has 3 rings (SSSR count). The molecule has 0 radical (unpaired) electrons. The van der Waals surface area contributed by atoms with Gasteiger partial charge in [-0.2, -0.15) is 5.10 Å². The van der Waals surface area contributed by atoms with E-state index in [4.69, 9.17) is 14.2 Å². The molecule has 0 atom stereocenters. The molecule has 2 aromatic carbocycles. The smallest absolute Gasteiger partial charge is 0.226 e. The number of hydrogen-bond donors (Lipinski definition) is 1. The Labute approximate surface area is 182 Å². The number of carbonyl (C=O) groups excluding carboxylic acids is 1. The molecule has 0 saturated carbocycles. The van der Waals surface area contributed by atoms with E-state index < -0.39 is 0 Å². The van der Waals surface area contributed by atoms with Gasteiger partial charge in [-0.1, -0.05) is 6.07 Å². The third-order valence-corrected chi connectivity index (χ3v) is 4.49. The van der Waals surface area contributed by atoms with Crippen molar-refractivity contribution in [2.45, 2.75) is 40.3 Å². The molecule has 0 aliphatic carbocycles.